The highest BCUT2D eigenvalue weighted by Gasteiger charge is 2.33. The Labute approximate surface area is 208 Å². The number of hydrogen-bond acceptors (Lipinski definition) is 7. The van der Waals surface area contributed by atoms with Gasteiger partial charge in [-0.05, 0) is 68.0 Å². The second-order valence-electron chi connectivity index (χ2n) is 7.53. The van der Waals surface area contributed by atoms with Crippen LogP contribution in [-0.4, -0.2) is 35.9 Å². The number of aliphatic hydroxyl groups is 1. The predicted octanol–water partition coefficient (Wildman–Crippen LogP) is 6.83. The number of para-hydroxylation sites is 1. The van der Waals surface area contributed by atoms with Crippen molar-refractivity contribution in [2.45, 2.75) is 20.8 Å². The number of ether oxygens (including phenoxy) is 3. The fourth-order valence-corrected chi connectivity index (χ4v) is 4.75. The number of benzene rings is 3. The third kappa shape index (κ3) is 5.35. The van der Waals surface area contributed by atoms with Crippen LogP contribution in [-0.2, 0) is 9.53 Å². The zero-order valence-corrected chi connectivity index (χ0v) is 20.7. The van der Waals surface area contributed by atoms with Crippen molar-refractivity contribution < 1.29 is 24.1 Å². The minimum absolute atomic E-state index is 0.0557. The SMILES string of the molecule is CCOC(=O)C1=C(O)/C(=C/c2c(OCC)ccc3ccc(OCC)cc23)SC1=Nc1ccccc1. The molecule has 180 valence electrons. The Morgan fingerprint density at radius 1 is 0.971 bits per heavy atom. The van der Waals surface area contributed by atoms with Gasteiger partial charge in [0.05, 0.1) is 30.4 Å². The van der Waals surface area contributed by atoms with E-state index in [2.05, 4.69) is 4.99 Å². The zero-order chi connectivity index (χ0) is 24.8. The first-order chi connectivity index (χ1) is 17.0. The number of hydrogen-bond donors (Lipinski definition) is 1. The summed E-state index contributed by atoms with van der Waals surface area (Å²) in [5.74, 6) is 0.632. The molecule has 0 radical (unpaired) electrons. The van der Waals surface area contributed by atoms with E-state index in [0.717, 1.165) is 22.1 Å². The summed E-state index contributed by atoms with van der Waals surface area (Å²) >= 11 is 1.22. The summed E-state index contributed by atoms with van der Waals surface area (Å²) in [6, 6.07) is 19.1. The summed E-state index contributed by atoms with van der Waals surface area (Å²) in [5, 5.41) is 13.4. The van der Waals surface area contributed by atoms with E-state index in [1.807, 2.05) is 80.6 Å². The average Bonchev–Trinajstić information content (AvgIpc) is 3.16. The molecule has 1 aliphatic heterocycles. The monoisotopic (exact) mass is 489 g/mol. The first kappa shape index (κ1) is 24.4. The molecular formula is C28H27NO5S. The van der Waals surface area contributed by atoms with Crippen LogP contribution in [0.4, 0.5) is 5.69 Å². The maximum absolute atomic E-state index is 12.8. The summed E-state index contributed by atoms with van der Waals surface area (Å²) in [6.45, 7) is 6.80. The summed E-state index contributed by atoms with van der Waals surface area (Å²) in [7, 11) is 0. The number of nitrogens with zero attached hydrogens (tertiary/aromatic N) is 1. The second-order valence-corrected chi connectivity index (χ2v) is 8.56. The smallest absolute Gasteiger partial charge is 0.344 e. The van der Waals surface area contributed by atoms with Crippen LogP contribution in [0.25, 0.3) is 16.8 Å². The number of esters is 1. The third-order valence-corrected chi connectivity index (χ3v) is 6.26. The van der Waals surface area contributed by atoms with Crippen LogP contribution in [0.3, 0.4) is 0 Å². The maximum Gasteiger partial charge on any atom is 0.344 e. The van der Waals surface area contributed by atoms with Gasteiger partial charge in [-0.25, -0.2) is 9.79 Å². The standard InChI is InChI=1S/C28H27NO5S/c1-4-32-20-14-12-18-13-15-23(33-5-2)22(21(18)16-20)17-24-26(30)25(28(31)34-6-3)27(35-24)29-19-10-8-7-9-11-19/h7-17,30H,4-6H2,1-3H3/b24-17-,29-27?. The molecule has 3 aromatic rings. The second kappa shape index (κ2) is 11.1. The highest BCUT2D eigenvalue weighted by Crippen LogP contribution is 2.42. The number of aliphatic imine (C=N–C) groups is 1. The molecule has 0 amide bonds. The molecule has 0 bridgehead atoms. The largest absolute Gasteiger partial charge is 0.506 e. The van der Waals surface area contributed by atoms with Gasteiger partial charge in [0.25, 0.3) is 0 Å². The number of carbonyl (C=O) groups excluding carboxylic acids is 1. The van der Waals surface area contributed by atoms with Crippen molar-refractivity contribution in [3.8, 4) is 11.5 Å². The highest BCUT2D eigenvalue weighted by molar-refractivity contribution is 8.18. The number of rotatable bonds is 8. The quantitative estimate of drug-likeness (QED) is 0.350. The third-order valence-electron chi connectivity index (χ3n) is 5.24. The van der Waals surface area contributed by atoms with Crippen LogP contribution in [0.15, 0.2) is 81.9 Å². The lowest BCUT2D eigenvalue weighted by Gasteiger charge is -2.13. The molecule has 0 spiro atoms. The molecule has 0 saturated heterocycles. The minimum atomic E-state index is -0.614. The first-order valence-electron chi connectivity index (χ1n) is 11.5. The average molecular weight is 490 g/mol. The van der Waals surface area contributed by atoms with Gasteiger partial charge in [0.15, 0.2) is 0 Å². The molecule has 6 nitrogen and oxygen atoms in total. The lowest BCUT2D eigenvalue weighted by atomic mass is 10.0. The van der Waals surface area contributed by atoms with Crippen LogP contribution in [0, 0.1) is 0 Å². The molecule has 0 aliphatic carbocycles. The minimum Gasteiger partial charge on any atom is -0.506 e. The van der Waals surface area contributed by atoms with Gasteiger partial charge in [-0.2, -0.15) is 0 Å². The van der Waals surface area contributed by atoms with Gasteiger partial charge >= 0.3 is 5.97 Å². The van der Waals surface area contributed by atoms with Gasteiger partial charge in [-0.1, -0.05) is 42.1 Å². The van der Waals surface area contributed by atoms with Crippen molar-refractivity contribution >= 4 is 45.3 Å². The molecule has 3 aromatic carbocycles. The topological polar surface area (TPSA) is 77.4 Å². The molecule has 1 N–H and O–H groups in total. The molecule has 0 atom stereocenters. The number of fused-ring (bicyclic) bond motifs is 1. The normalized spacial score (nSPS) is 15.7. The number of thioether (sulfide) groups is 1. The molecule has 7 heteroatoms. The molecule has 35 heavy (non-hydrogen) atoms. The summed E-state index contributed by atoms with van der Waals surface area (Å²) in [5.41, 5.74) is 1.51. The zero-order valence-electron chi connectivity index (χ0n) is 19.9. The van der Waals surface area contributed by atoms with Crippen molar-refractivity contribution in [1.29, 1.82) is 0 Å². The van der Waals surface area contributed by atoms with E-state index in [-0.39, 0.29) is 17.9 Å². The molecule has 1 aliphatic rings. The van der Waals surface area contributed by atoms with Gasteiger partial charge in [0.2, 0.25) is 0 Å². The molecule has 0 fully saturated rings. The van der Waals surface area contributed by atoms with Gasteiger partial charge < -0.3 is 19.3 Å². The lowest BCUT2D eigenvalue weighted by molar-refractivity contribution is -0.138. The van der Waals surface area contributed by atoms with E-state index in [1.165, 1.54) is 11.8 Å². The van der Waals surface area contributed by atoms with E-state index in [4.69, 9.17) is 14.2 Å². The van der Waals surface area contributed by atoms with Crippen LogP contribution in [0.5, 0.6) is 11.5 Å². The Kier molecular flexibility index (Phi) is 7.77. The van der Waals surface area contributed by atoms with Crippen LogP contribution < -0.4 is 9.47 Å². The van der Waals surface area contributed by atoms with Gasteiger partial charge in [0.1, 0.15) is 27.9 Å². The fraction of sp³-hybridized carbons (Fsp3) is 0.214. The molecule has 0 unspecified atom stereocenters. The predicted molar refractivity (Wildman–Crippen MR) is 142 cm³/mol. The van der Waals surface area contributed by atoms with Crippen molar-refractivity contribution in [2.24, 2.45) is 4.99 Å². The Balaban J connectivity index is 1.88. The van der Waals surface area contributed by atoms with Crippen LogP contribution in [0.2, 0.25) is 0 Å². The number of carbonyl (C=O) groups is 1. The van der Waals surface area contributed by atoms with Crippen molar-refractivity contribution in [1.82, 2.24) is 0 Å². The van der Waals surface area contributed by atoms with Crippen LogP contribution in [0.1, 0.15) is 26.3 Å². The summed E-state index contributed by atoms with van der Waals surface area (Å²) < 4.78 is 16.8. The van der Waals surface area contributed by atoms with E-state index >= 15 is 0 Å². The van der Waals surface area contributed by atoms with E-state index in [1.54, 1.807) is 6.92 Å². The van der Waals surface area contributed by atoms with E-state index in [0.29, 0.717) is 34.6 Å². The molecule has 1 heterocycles. The number of aliphatic hydroxyl groups excluding tert-OH is 1. The van der Waals surface area contributed by atoms with Gasteiger partial charge in [-0.3, -0.25) is 0 Å². The molecular weight excluding hydrogens is 462 g/mol. The Morgan fingerprint density at radius 3 is 2.43 bits per heavy atom. The maximum atomic E-state index is 12.8. The Bertz CT molecular complexity index is 1320. The Morgan fingerprint density at radius 2 is 1.71 bits per heavy atom. The summed E-state index contributed by atoms with van der Waals surface area (Å²) in [4.78, 5) is 17.8. The van der Waals surface area contributed by atoms with E-state index in [9.17, 15) is 9.90 Å². The van der Waals surface area contributed by atoms with Gasteiger partial charge in [0, 0.05) is 5.56 Å². The molecule has 0 saturated carbocycles. The molecule has 0 aromatic heterocycles. The van der Waals surface area contributed by atoms with Crippen LogP contribution >= 0.6 is 11.8 Å². The first-order valence-corrected chi connectivity index (χ1v) is 12.3. The van der Waals surface area contributed by atoms with Crippen molar-refractivity contribution in [2.75, 3.05) is 19.8 Å². The Hall–Kier alpha value is -3.71. The highest BCUT2D eigenvalue weighted by atomic mass is 32.2. The van der Waals surface area contributed by atoms with Gasteiger partial charge in [-0.15, -0.1) is 0 Å². The van der Waals surface area contributed by atoms with E-state index < -0.39 is 5.97 Å². The van der Waals surface area contributed by atoms with Crippen molar-refractivity contribution in [3.63, 3.8) is 0 Å². The summed E-state index contributed by atoms with van der Waals surface area (Å²) in [6.07, 6.45) is 1.83. The fourth-order valence-electron chi connectivity index (χ4n) is 3.73. The molecule has 4 rings (SSSR count). The van der Waals surface area contributed by atoms with Crippen molar-refractivity contribution in [3.05, 3.63) is 82.5 Å². The lowest BCUT2D eigenvalue weighted by Crippen LogP contribution is -2.12.